The highest BCUT2D eigenvalue weighted by Gasteiger charge is 2.10. The number of hydrogen-bond acceptors (Lipinski definition) is 5. The Hall–Kier alpha value is -2.08. The van der Waals surface area contributed by atoms with Crippen LogP contribution in [0, 0.1) is 0 Å². The predicted octanol–water partition coefficient (Wildman–Crippen LogP) is 1.35. The fraction of sp³-hybridized carbons (Fsp3) is 0.182. The molecule has 2 rings (SSSR count). The van der Waals surface area contributed by atoms with Crippen LogP contribution in [0.25, 0.3) is 11.3 Å². The van der Waals surface area contributed by atoms with Gasteiger partial charge in [-0.2, -0.15) is 5.10 Å². The molecule has 0 aliphatic heterocycles. The topological polar surface area (TPSA) is 83.0 Å². The van der Waals surface area contributed by atoms with Gasteiger partial charge in [0, 0.05) is 11.8 Å². The number of methoxy groups -OCH3 is 1. The summed E-state index contributed by atoms with van der Waals surface area (Å²) in [7, 11) is 1.32. The molecule has 18 heavy (non-hydrogen) atoms. The van der Waals surface area contributed by atoms with Crippen LogP contribution in [0.2, 0.25) is 5.02 Å². The van der Waals surface area contributed by atoms with Crippen LogP contribution in [-0.4, -0.2) is 27.8 Å². The van der Waals surface area contributed by atoms with Crippen molar-refractivity contribution in [3.05, 3.63) is 29.7 Å². The molecule has 0 unspecified atom stereocenters. The molecule has 0 radical (unpaired) electrons. The molecular weight excluding hydrogens is 256 g/mol. The second kappa shape index (κ2) is 5.05. The number of rotatable bonds is 3. The number of halogens is 1. The van der Waals surface area contributed by atoms with Gasteiger partial charge in [-0.05, 0) is 6.07 Å². The second-order valence-electron chi connectivity index (χ2n) is 3.60. The maximum atomic E-state index is 11.1. The van der Waals surface area contributed by atoms with E-state index >= 15 is 0 Å². The number of anilines is 1. The lowest BCUT2D eigenvalue weighted by Gasteiger charge is -2.01. The summed E-state index contributed by atoms with van der Waals surface area (Å²) in [6.07, 6.45) is 4.76. The lowest BCUT2D eigenvalue weighted by molar-refractivity contribution is -0.141. The third-order valence-corrected chi connectivity index (χ3v) is 2.58. The molecule has 7 heteroatoms. The summed E-state index contributed by atoms with van der Waals surface area (Å²) < 4.78 is 6.00. The molecule has 0 aliphatic rings. The SMILES string of the molecule is COC(=O)Cn1cc(-c2ncc(N)cc2Cl)cn1. The number of nitrogen functional groups attached to an aromatic ring is 1. The Morgan fingerprint density at radius 2 is 2.33 bits per heavy atom. The molecule has 0 fully saturated rings. The summed E-state index contributed by atoms with van der Waals surface area (Å²) in [5.74, 6) is -0.374. The molecule has 2 aromatic heterocycles. The molecule has 0 spiro atoms. The van der Waals surface area contributed by atoms with E-state index in [2.05, 4.69) is 14.8 Å². The van der Waals surface area contributed by atoms with Gasteiger partial charge in [0.15, 0.2) is 0 Å². The highest BCUT2D eigenvalue weighted by atomic mass is 35.5. The van der Waals surface area contributed by atoms with Crippen molar-refractivity contribution in [1.29, 1.82) is 0 Å². The number of nitrogens with two attached hydrogens (primary N) is 1. The summed E-state index contributed by atoms with van der Waals surface area (Å²) in [6.45, 7) is 0.0447. The van der Waals surface area contributed by atoms with E-state index in [1.165, 1.54) is 18.0 Å². The molecule has 2 aromatic rings. The normalized spacial score (nSPS) is 10.3. The van der Waals surface area contributed by atoms with Crippen LogP contribution in [0.1, 0.15) is 0 Å². The van der Waals surface area contributed by atoms with Crippen LogP contribution in [0.15, 0.2) is 24.7 Å². The van der Waals surface area contributed by atoms with Gasteiger partial charge in [-0.1, -0.05) is 11.6 Å². The van der Waals surface area contributed by atoms with Gasteiger partial charge in [0.1, 0.15) is 6.54 Å². The zero-order valence-corrected chi connectivity index (χ0v) is 10.4. The Kier molecular flexibility index (Phi) is 3.47. The molecule has 0 bridgehead atoms. The largest absolute Gasteiger partial charge is 0.468 e. The summed E-state index contributed by atoms with van der Waals surface area (Å²) in [6, 6.07) is 1.61. The summed E-state index contributed by atoms with van der Waals surface area (Å²) in [4.78, 5) is 15.2. The van der Waals surface area contributed by atoms with Crippen molar-refractivity contribution in [2.75, 3.05) is 12.8 Å². The summed E-state index contributed by atoms with van der Waals surface area (Å²) in [5.41, 5.74) is 7.34. The molecule has 6 nitrogen and oxygen atoms in total. The van der Waals surface area contributed by atoms with Crippen LogP contribution in [0.4, 0.5) is 5.69 Å². The monoisotopic (exact) mass is 266 g/mol. The molecule has 0 saturated heterocycles. The smallest absolute Gasteiger partial charge is 0.327 e. The van der Waals surface area contributed by atoms with Gasteiger partial charge in [0.2, 0.25) is 0 Å². The first-order valence-electron chi connectivity index (χ1n) is 5.11. The third-order valence-electron chi connectivity index (χ3n) is 2.29. The standard InChI is InChI=1S/C11H11ClN4O2/c1-18-10(17)6-16-5-7(3-15-16)11-9(12)2-8(13)4-14-11/h2-5H,6,13H2,1H3. The number of hydrogen-bond donors (Lipinski definition) is 1. The molecule has 0 atom stereocenters. The van der Waals surface area contributed by atoms with Crippen molar-refractivity contribution in [3.8, 4) is 11.3 Å². The number of ether oxygens (including phenoxy) is 1. The predicted molar refractivity (Wildman–Crippen MR) is 66.9 cm³/mol. The van der Waals surface area contributed by atoms with Crippen LogP contribution < -0.4 is 5.73 Å². The van der Waals surface area contributed by atoms with E-state index in [1.807, 2.05) is 0 Å². The Labute approximate surface area is 108 Å². The maximum absolute atomic E-state index is 11.1. The van der Waals surface area contributed by atoms with Gasteiger partial charge in [-0.25, -0.2) is 0 Å². The van der Waals surface area contributed by atoms with E-state index in [1.54, 1.807) is 18.5 Å². The number of pyridine rings is 1. The highest BCUT2D eigenvalue weighted by Crippen LogP contribution is 2.26. The molecule has 0 aromatic carbocycles. The highest BCUT2D eigenvalue weighted by molar-refractivity contribution is 6.33. The van der Waals surface area contributed by atoms with E-state index < -0.39 is 0 Å². The fourth-order valence-corrected chi connectivity index (χ4v) is 1.72. The fourth-order valence-electron chi connectivity index (χ4n) is 1.43. The third kappa shape index (κ3) is 2.60. The van der Waals surface area contributed by atoms with Crippen LogP contribution in [0.3, 0.4) is 0 Å². The average Bonchev–Trinajstić information content (AvgIpc) is 2.77. The average molecular weight is 267 g/mol. The van der Waals surface area contributed by atoms with Gasteiger partial charge in [-0.15, -0.1) is 0 Å². The van der Waals surface area contributed by atoms with Gasteiger partial charge < -0.3 is 10.5 Å². The maximum Gasteiger partial charge on any atom is 0.327 e. The lowest BCUT2D eigenvalue weighted by Crippen LogP contribution is -2.11. The van der Waals surface area contributed by atoms with Crippen molar-refractivity contribution in [3.63, 3.8) is 0 Å². The van der Waals surface area contributed by atoms with Crippen LogP contribution in [-0.2, 0) is 16.1 Å². The van der Waals surface area contributed by atoms with Crippen LogP contribution >= 0.6 is 11.6 Å². The van der Waals surface area contributed by atoms with Gasteiger partial charge in [0.05, 0.1) is 35.9 Å². The minimum atomic E-state index is -0.374. The molecule has 0 amide bonds. The molecule has 0 aliphatic carbocycles. The molecular formula is C11H11ClN4O2. The van der Waals surface area contributed by atoms with E-state index in [4.69, 9.17) is 17.3 Å². The van der Waals surface area contributed by atoms with Gasteiger partial charge in [0.25, 0.3) is 0 Å². The first-order valence-corrected chi connectivity index (χ1v) is 5.48. The Balaban J connectivity index is 2.26. The number of esters is 1. The van der Waals surface area contributed by atoms with Gasteiger partial charge >= 0.3 is 5.97 Å². The first kappa shape index (κ1) is 12.4. The Morgan fingerprint density at radius 1 is 1.56 bits per heavy atom. The summed E-state index contributed by atoms with van der Waals surface area (Å²) >= 11 is 6.04. The second-order valence-corrected chi connectivity index (χ2v) is 4.01. The van der Waals surface area contributed by atoms with Gasteiger partial charge in [-0.3, -0.25) is 14.5 Å². The minimum absolute atomic E-state index is 0.0447. The number of carbonyl (C=O) groups excluding carboxylic acids is 1. The van der Waals surface area contributed by atoms with Crippen molar-refractivity contribution < 1.29 is 9.53 Å². The number of carbonyl (C=O) groups is 1. The van der Waals surface area contributed by atoms with Crippen molar-refractivity contribution in [2.24, 2.45) is 0 Å². The Bertz CT molecular complexity index is 582. The number of aromatic nitrogens is 3. The number of nitrogens with zero attached hydrogens (tertiary/aromatic N) is 3. The van der Waals surface area contributed by atoms with Crippen molar-refractivity contribution >= 4 is 23.3 Å². The van der Waals surface area contributed by atoms with Crippen molar-refractivity contribution in [2.45, 2.75) is 6.54 Å². The van der Waals surface area contributed by atoms with Crippen LogP contribution in [0.5, 0.6) is 0 Å². The molecule has 2 N–H and O–H groups in total. The zero-order valence-electron chi connectivity index (χ0n) is 9.63. The Morgan fingerprint density at radius 3 is 3.00 bits per heavy atom. The van der Waals surface area contributed by atoms with E-state index in [-0.39, 0.29) is 12.5 Å². The van der Waals surface area contributed by atoms with E-state index in [0.717, 1.165) is 0 Å². The molecule has 0 saturated carbocycles. The van der Waals surface area contributed by atoms with E-state index in [9.17, 15) is 4.79 Å². The lowest BCUT2D eigenvalue weighted by atomic mass is 10.2. The summed E-state index contributed by atoms with van der Waals surface area (Å²) in [5, 5.41) is 4.47. The zero-order chi connectivity index (χ0) is 13.1. The van der Waals surface area contributed by atoms with Crippen molar-refractivity contribution in [1.82, 2.24) is 14.8 Å². The quantitative estimate of drug-likeness (QED) is 0.848. The van der Waals surface area contributed by atoms with E-state index in [0.29, 0.717) is 22.0 Å². The molecule has 2 heterocycles. The minimum Gasteiger partial charge on any atom is -0.468 e. The first-order chi connectivity index (χ1) is 8.60. The molecule has 94 valence electrons.